The van der Waals surface area contributed by atoms with Crippen LogP contribution in [0.3, 0.4) is 0 Å². The molecule has 172 valence electrons. The number of ether oxygens (including phenoxy) is 2. The third kappa shape index (κ3) is 4.67. The Morgan fingerprint density at radius 3 is 2.53 bits per heavy atom. The van der Waals surface area contributed by atoms with Crippen molar-refractivity contribution in [2.45, 2.75) is 6.92 Å². The van der Waals surface area contributed by atoms with Crippen LogP contribution in [0.1, 0.15) is 21.7 Å². The number of nitrogens with one attached hydrogen (secondary N) is 1. The number of primary amides is 1. The molecule has 0 radical (unpaired) electrons. The topological polar surface area (TPSA) is 232 Å². The maximum absolute atomic E-state index is 11.9. The van der Waals surface area contributed by atoms with Crippen molar-refractivity contribution in [1.82, 2.24) is 19.9 Å². The number of guanidine groups is 1. The van der Waals surface area contributed by atoms with Gasteiger partial charge in [-0.1, -0.05) is 6.07 Å². The summed E-state index contributed by atoms with van der Waals surface area (Å²) in [7, 11) is 0. The van der Waals surface area contributed by atoms with Crippen LogP contribution in [0.5, 0.6) is 23.4 Å². The number of aryl methyl sites for hydroxylation is 1. The molecular formula is C21H21N10O3+. The number of amidine groups is 1. The Hall–Kier alpha value is -5.20. The van der Waals surface area contributed by atoms with Gasteiger partial charge in [-0.3, -0.25) is 15.9 Å². The van der Waals surface area contributed by atoms with Gasteiger partial charge in [0.25, 0.3) is 17.6 Å². The predicted molar refractivity (Wildman–Crippen MR) is 124 cm³/mol. The summed E-state index contributed by atoms with van der Waals surface area (Å²) in [6, 6.07) is 11.1. The molecule has 13 heteroatoms. The number of nitrogens with two attached hydrogens (primary N) is 5. The second-order valence-corrected chi connectivity index (χ2v) is 7.10. The number of rotatable bonds is 7. The van der Waals surface area contributed by atoms with Crippen LogP contribution in [0.2, 0.25) is 0 Å². The minimum Gasteiger partial charge on any atom is -0.436 e. The van der Waals surface area contributed by atoms with E-state index in [0.717, 1.165) is 0 Å². The molecule has 4 rings (SSSR count). The zero-order valence-electron chi connectivity index (χ0n) is 17.9. The zero-order chi connectivity index (χ0) is 24.4. The van der Waals surface area contributed by atoms with E-state index in [4.69, 9.17) is 37.8 Å². The zero-order valence-corrected chi connectivity index (χ0v) is 17.9. The van der Waals surface area contributed by atoms with E-state index in [-0.39, 0.29) is 40.6 Å². The van der Waals surface area contributed by atoms with Crippen LogP contribution in [0, 0.1) is 6.92 Å². The minimum atomic E-state index is -0.712. The highest BCUT2D eigenvalue weighted by molar-refractivity contribution is 5.99. The van der Waals surface area contributed by atoms with Crippen molar-refractivity contribution >= 4 is 34.6 Å². The molecule has 2 heterocycles. The van der Waals surface area contributed by atoms with Crippen molar-refractivity contribution < 1.29 is 19.7 Å². The van der Waals surface area contributed by atoms with E-state index in [9.17, 15) is 4.79 Å². The number of amides is 1. The summed E-state index contributed by atoms with van der Waals surface area (Å²) >= 11 is 0. The third-order valence-corrected chi connectivity index (χ3v) is 4.49. The molecule has 0 saturated heterocycles. The summed E-state index contributed by atoms with van der Waals surface area (Å²) in [5.74, 6) is 0.282. The molecular weight excluding hydrogens is 440 g/mol. The molecule has 0 unspecified atom stereocenters. The van der Waals surface area contributed by atoms with Crippen molar-refractivity contribution in [2.75, 3.05) is 0 Å². The van der Waals surface area contributed by atoms with Gasteiger partial charge in [-0.15, -0.1) is 0 Å². The number of nitrogens with zero attached hydrogens (tertiary/aromatic N) is 4. The fourth-order valence-electron chi connectivity index (χ4n) is 3.05. The standard InChI is InChI=1S/C21H20N10O3/c1-9-27-15-18(28-9)30-21(33-12-4-2-3-11(8-12)29-20(25)26)31-19(15)34-14-7-10(16(22)23)5-6-13(14)17(24)32/h2-8H,1H3,(H3,22,23)(H2,24,32)(H4,25,26,29)(H,27,28,30,31)/p+1. The van der Waals surface area contributed by atoms with Gasteiger partial charge < -0.3 is 31.7 Å². The van der Waals surface area contributed by atoms with E-state index in [1.807, 2.05) is 0 Å². The van der Waals surface area contributed by atoms with Gasteiger partial charge in [-0.05, 0) is 37.3 Å². The van der Waals surface area contributed by atoms with Crippen molar-refractivity contribution in [3.63, 3.8) is 0 Å². The van der Waals surface area contributed by atoms with Gasteiger partial charge in [-0.25, -0.2) is 9.98 Å². The first-order valence-corrected chi connectivity index (χ1v) is 9.81. The molecule has 0 fully saturated rings. The second-order valence-electron chi connectivity index (χ2n) is 7.10. The van der Waals surface area contributed by atoms with Gasteiger partial charge in [-0.2, -0.15) is 9.97 Å². The number of aromatic amines is 1. The Morgan fingerprint density at radius 2 is 1.82 bits per heavy atom. The van der Waals surface area contributed by atoms with Gasteiger partial charge in [0.15, 0.2) is 11.6 Å². The Bertz CT molecular complexity index is 1460. The Labute approximate surface area is 192 Å². The van der Waals surface area contributed by atoms with Crippen molar-refractivity contribution in [3.8, 4) is 23.4 Å². The Morgan fingerprint density at radius 1 is 1.03 bits per heavy atom. The molecule has 0 aliphatic heterocycles. The molecule has 0 spiro atoms. The summed E-state index contributed by atoms with van der Waals surface area (Å²) in [6.07, 6.45) is 0. The summed E-state index contributed by atoms with van der Waals surface area (Å²) in [5.41, 5.74) is 23.7. The van der Waals surface area contributed by atoms with Crippen LogP contribution in [0.15, 0.2) is 47.5 Å². The van der Waals surface area contributed by atoms with Crippen molar-refractivity contribution in [2.24, 2.45) is 27.9 Å². The van der Waals surface area contributed by atoms with E-state index >= 15 is 0 Å². The lowest BCUT2D eigenvalue weighted by Crippen LogP contribution is -2.46. The number of carbonyl (C=O) groups is 1. The maximum atomic E-state index is 11.9. The SMILES string of the molecule is Cc1nc2nc(Oc3cccc(N=C(N)N)c3)nc(Oc3cc(C(N)=[NH2+])ccc3C(N)=O)c2[nH]1. The van der Waals surface area contributed by atoms with E-state index in [2.05, 4.69) is 24.9 Å². The Kier molecular flexibility index (Phi) is 5.66. The summed E-state index contributed by atoms with van der Waals surface area (Å²) < 4.78 is 11.8. The lowest BCUT2D eigenvalue weighted by atomic mass is 10.1. The van der Waals surface area contributed by atoms with Crippen LogP contribution in [0.4, 0.5) is 5.69 Å². The van der Waals surface area contributed by atoms with Crippen LogP contribution in [-0.4, -0.2) is 37.6 Å². The molecule has 0 aliphatic carbocycles. The molecule has 34 heavy (non-hydrogen) atoms. The average molecular weight is 461 g/mol. The van der Waals surface area contributed by atoms with Crippen molar-refractivity contribution in [1.29, 1.82) is 0 Å². The number of benzene rings is 2. The van der Waals surface area contributed by atoms with Crippen LogP contribution in [0.25, 0.3) is 11.2 Å². The largest absolute Gasteiger partial charge is 0.436 e. The molecule has 0 aliphatic rings. The number of hydrogen-bond donors (Lipinski definition) is 6. The Balaban J connectivity index is 1.77. The van der Waals surface area contributed by atoms with Gasteiger partial charge in [0.2, 0.25) is 0 Å². The van der Waals surface area contributed by atoms with E-state index in [0.29, 0.717) is 28.3 Å². The average Bonchev–Trinajstić information content (AvgIpc) is 3.13. The quantitative estimate of drug-likeness (QED) is 0.156. The number of fused-ring (bicyclic) bond motifs is 1. The second kappa shape index (κ2) is 8.74. The molecule has 13 nitrogen and oxygen atoms in total. The van der Waals surface area contributed by atoms with Crippen molar-refractivity contribution in [3.05, 3.63) is 59.4 Å². The number of aliphatic imine (C=N–C) groups is 1. The first kappa shape index (κ1) is 22.0. The van der Waals surface area contributed by atoms with Gasteiger partial charge in [0, 0.05) is 6.07 Å². The molecule has 0 bridgehead atoms. The molecule has 2 aromatic carbocycles. The number of aromatic nitrogens is 4. The van der Waals surface area contributed by atoms with Gasteiger partial charge in [0.05, 0.1) is 16.8 Å². The monoisotopic (exact) mass is 461 g/mol. The van der Waals surface area contributed by atoms with Gasteiger partial charge >= 0.3 is 6.01 Å². The smallest absolute Gasteiger partial charge is 0.327 e. The van der Waals surface area contributed by atoms with Gasteiger partial charge in [0.1, 0.15) is 22.8 Å². The fraction of sp³-hybridized carbons (Fsp3) is 0.0476. The maximum Gasteiger partial charge on any atom is 0.327 e. The minimum absolute atomic E-state index is 0.0377. The summed E-state index contributed by atoms with van der Waals surface area (Å²) in [4.78, 5) is 31.9. The lowest BCUT2D eigenvalue weighted by molar-refractivity contribution is -0.114. The number of H-pyrrole nitrogens is 1. The fourth-order valence-corrected chi connectivity index (χ4v) is 3.05. The highest BCUT2D eigenvalue weighted by Crippen LogP contribution is 2.32. The number of hydrogen-bond acceptors (Lipinski definition) is 7. The molecule has 2 aromatic heterocycles. The first-order chi connectivity index (χ1) is 16.2. The molecule has 4 aromatic rings. The van der Waals surface area contributed by atoms with Crippen LogP contribution >= 0.6 is 0 Å². The third-order valence-electron chi connectivity index (χ3n) is 4.49. The van der Waals surface area contributed by atoms with E-state index in [1.54, 1.807) is 37.3 Å². The van der Waals surface area contributed by atoms with Crippen LogP contribution < -0.4 is 37.8 Å². The summed E-state index contributed by atoms with van der Waals surface area (Å²) in [6.45, 7) is 1.74. The molecule has 11 N–H and O–H groups in total. The predicted octanol–water partition coefficient (Wildman–Crippen LogP) is -0.286. The van der Waals surface area contributed by atoms with E-state index in [1.165, 1.54) is 12.1 Å². The van der Waals surface area contributed by atoms with E-state index < -0.39 is 5.91 Å². The molecule has 0 atom stereocenters. The number of carbonyl (C=O) groups excluding carboxylic acids is 1. The number of imidazole rings is 1. The highest BCUT2D eigenvalue weighted by Gasteiger charge is 2.19. The normalized spacial score (nSPS) is 10.6. The molecule has 1 amide bonds. The van der Waals surface area contributed by atoms with Crippen LogP contribution in [-0.2, 0) is 0 Å². The molecule has 0 saturated carbocycles. The first-order valence-electron chi connectivity index (χ1n) is 9.81. The summed E-state index contributed by atoms with van der Waals surface area (Å²) in [5, 5.41) is 5.68. The highest BCUT2D eigenvalue weighted by atomic mass is 16.5. The lowest BCUT2D eigenvalue weighted by Gasteiger charge is -2.11.